The van der Waals surface area contributed by atoms with E-state index in [1.165, 1.54) is 10.4 Å². The predicted molar refractivity (Wildman–Crippen MR) is 187 cm³/mol. The number of hydrogen-bond donors (Lipinski definition) is 0. The van der Waals surface area contributed by atoms with Crippen LogP contribution < -0.4 is 4.90 Å². The summed E-state index contributed by atoms with van der Waals surface area (Å²) in [6, 6.07) is 3.94. The highest BCUT2D eigenvalue weighted by molar-refractivity contribution is 7.89. The molecule has 2 bridgehead atoms. The van der Waals surface area contributed by atoms with E-state index in [4.69, 9.17) is 16.4 Å². The number of aromatic nitrogens is 4. The van der Waals surface area contributed by atoms with Crippen LogP contribution in [0.4, 0.5) is 14.5 Å². The molecule has 2 unspecified atom stereocenters. The number of carbonyl (C=O) groups excluding carboxylic acids is 1. The van der Waals surface area contributed by atoms with E-state index in [0.717, 1.165) is 30.2 Å². The zero-order chi connectivity index (χ0) is 35.5. The SMILES string of the molecule is [C-]#[N+]C1(N(COCC[Si](C)(C)C)S(=O)(=O)c2cc(N3CC4CCC(C3)N4C(=O)C(C)C)c3c(c2)c(-c2nnc(C(F)F)s2)nn3CC)CC1. The maximum atomic E-state index is 14.7. The number of aryl methyl sites for hydroxylation is 1. The lowest BCUT2D eigenvalue weighted by molar-refractivity contribution is -0.137. The second kappa shape index (κ2) is 13.3. The average molecular weight is 735 g/mol. The Morgan fingerprint density at radius 3 is 2.39 bits per heavy atom. The molecule has 6 rings (SSSR count). The second-order valence-corrected chi connectivity index (χ2v) is 23.2. The van der Waals surface area contributed by atoms with E-state index < -0.39 is 35.2 Å². The molecule has 49 heavy (non-hydrogen) atoms. The van der Waals surface area contributed by atoms with E-state index in [1.54, 1.807) is 10.7 Å². The van der Waals surface area contributed by atoms with Gasteiger partial charge in [0.05, 0.1) is 28.9 Å². The molecule has 0 radical (unpaired) electrons. The number of benzene rings is 1. The van der Waals surface area contributed by atoms with Crippen molar-refractivity contribution in [2.45, 2.75) is 108 Å². The highest BCUT2D eigenvalue weighted by atomic mass is 32.2. The molecule has 17 heteroatoms. The van der Waals surface area contributed by atoms with Gasteiger partial charge in [0, 0.05) is 57.7 Å². The summed E-state index contributed by atoms with van der Waals surface area (Å²) in [5, 5.41) is 12.6. The molecule has 12 nitrogen and oxygen atoms in total. The number of halogens is 2. The lowest BCUT2D eigenvalue weighted by Gasteiger charge is -2.43. The van der Waals surface area contributed by atoms with Gasteiger partial charge in [-0.2, -0.15) is 5.10 Å². The third kappa shape index (κ3) is 6.74. The molecular weight excluding hydrogens is 691 g/mol. The van der Waals surface area contributed by atoms with Gasteiger partial charge in [0.15, 0.2) is 10.0 Å². The lowest BCUT2D eigenvalue weighted by Crippen LogP contribution is -2.57. The van der Waals surface area contributed by atoms with Gasteiger partial charge in [0.25, 0.3) is 16.4 Å². The van der Waals surface area contributed by atoms with Crippen molar-refractivity contribution in [3.8, 4) is 10.7 Å². The Hall–Kier alpha value is -3.04. The molecule has 266 valence electrons. The number of alkyl halides is 2. The van der Waals surface area contributed by atoms with Gasteiger partial charge in [0.2, 0.25) is 5.91 Å². The molecule has 1 amide bonds. The van der Waals surface area contributed by atoms with Crippen molar-refractivity contribution >= 4 is 51.9 Å². The van der Waals surface area contributed by atoms with E-state index in [2.05, 4.69) is 39.6 Å². The Morgan fingerprint density at radius 1 is 1.18 bits per heavy atom. The first-order chi connectivity index (χ1) is 23.1. The molecule has 0 N–H and O–H groups in total. The summed E-state index contributed by atoms with van der Waals surface area (Å²) in [6.07, 6.45) is -0.322. The standard InChI is InChI=1S/C32H44F2N8O4S2Si/c1-8-40-27-24(26(38-40)29-36-37-30(47-29)28(33)34)15-23(16-25(27)39-17-21-9-10-22(18-39)42(21)31(43)20(2)3)48(44,45)41(32(35-4)11-12-32)19-46-13-14-49(5,6)7/h15-16,20-22,28H,8-14,17-19H2,1-3,5-7H3. The summed E-state index contributed by atoms with van der Waals surface area (Å²) >= 11 is 0.722. The van der Waals surface area contributed by atoms with E-state index in [1.807, 2.05) is 25.7 Å². The Balaban J connectivity index is 1.48. The fourth-order valence-corrected chi connectivity index (χ4v) is 9.94. The topological polar surface area (TPSA) is 118 Å². The largest absolute Gasteiger partial charge is 0.366 e. The predicted octanol–water partition coefficient (Wildman–Crippen LogP) is 6.06. The molecule has 3 aromatic rings. The zero-order valence-electron chi connectivity index (χ0n) is 28.8. The first-order valence-electron chi connectivity index (χ1n) is 16.8. The normalized spacial score (nSPS) is 20.6. The van der Waals surface area contributed by atoms with Gasteiger partial charge >= 0.3 is 5.66 Å². The van der Waals surface area contributed by atoms with Gasteiger partial charge in [-0.25, -0.2) is 23.8 Å². The van der Waals surface area contributed by atoms with Crippen LogP contribution in [0.3, 0.4) is 0 Å². The molecule has 1 aliphatic carbocycles. The van der Waals surface area contributed by atoms with Crippen LogP contribution in [0.1, 0.15) is 57.9 Å². The highest BCUT2D eigenvalue weighted by Gasteiger charge is 2.61. The molecule has 2 atom stereocenters. The van der Waals surface area contributed by atoms with Crippen molar-refractivity contribution in [3.05, 3.63) is 28.6 Å². The van der Waals surface area contributed by atoms with Gasteiger partial charge in [-0.05, 0) is 37.9 Å². The first-order valence-corrected chi connectivity index (χ1v) is 22.8. The van der Waals surface area contributed by atoms with Crippen LogP contribution >= 0.6 is 11.3 Å². The molecule has 3 aliphatic rings. The smallest absolute Gasteiger partial charge is 0.303 e. The molecule has 1 saturated carbocycles. The number of carbonyl (C=O) groups is 1. The van der Waals surface area contributed by atoms with Crippen LogP contribution in [0, 0.1) is 12.5 Å². The van der Waals surface area contributed by atoms with Crippen LogP contribution in [0.25, 0.3) is 26.4 Å². The van der Waals surface area contributed by atoms with Gasteiger partial charge in [-0.15, -0.1) is 10.2 Å². The minimum absolute atomic E-state index is 0.0358. The van der Waals surface area contributed by atoms with E-state index >= 15 is 0 Å². The van der Waals surface area contributed by atoms with E-state index in [-0.39, 0.29) is 46.2 Å². The van der Waals surface area contributed by atoms with Crippen LogP contribution in [-0.2, 0) is 26.1 Å². The third-order valence-corrected chi connectivity index (χ3v) is 14.2. The van der Waals surface area contributed by atoms with Gasteiger partial charge in [-0.1, -0.05) is 49.1 Å². The lowest BCUT2D eigenvalue weighted by atomic mass is 10.1. The van der Waals surface area contributed by atoms with Crippen LogP contribution in [0.15, 0.2) is 17.0 Å². The summed E-state index contributed by atoms with van der Waals surface area (Å²) < 4.78 is 65.5. The van der Waals surface area contributed by atoms with E-state index in [9.17, 15) is 22.0 Å². The van der Waals surface area contributed by atoms with Crippen molar-refractivity contribution in [3.63, 3.8) is 0 Å². The maximum Gasteiger partial charge on any atom is 0.303 e. The summed E-state index contributed by atoms with van der Waals surface area (Å²) in [7, 11) is -5.76. The number of ether oxygens (including phenoxy) is 1. The number of rotatable bonds is 13. The minimum Gasteiger partial charge on any atom is -0.366 e. The summed E-state index contributed by atoms with van der Waals surface area (Å²) in [4.78, 5) is 21.0. The first kappa shape index (κ1) is 35.8. The monoisotopic (exact) mass is 734 g/mol. The van der Waals surface area contributed by atoms with Crippen LogP contribution in [-0.4, -0.2) is 95.8 Å². The fraction of sp³-hybridized carbons (Fsp3) is 0.656. The Labute approximate surface area is 291 Å². The number of nitrogens with zero attached hydrogens (tertiary/aromatic N) is 8. The summed E-state index contributed by atoms with van der Waals surface area (Å²) in [5.74, 6) is -0.0284. The third-order valence-electron chi connectivity index (χ3n) is 9.66. The number of amides is 1. The quantitative estimate of drug-likeness (QED) is 0.0901. The van der Waals surface area contributed by atoms with Crippen molar-refractivity contribution < 1.29 is 26.7 Å². The second-order valence-electron chi connectivity index (χ2n) is 14.7. The summed E-state index contributed by atoms with van der Waals surface area (Å²) in [5.41, 5.74) is 0.311. The number of piperazine rings is 1. The van der Waals surface area contributed by atoms with Crippen molar-refractivity contribution in [1.29, 1.82) is 0 Å². The highest BCUT2D eigenvalue weighted by Crippen LogP contribution is 2.48. The number of anilines is 1. The molecule has 2 aromatic heterocycles. The number of sulfonamides is 1. The molecule has 2 saturated heterocycles. The van der Waals surface area contributed by atoms with Gasteiger partial charge in [-0.3, -0.25) is 14.3 Å². The Morgan fingerprint density at radius 2 is 1.86 bits per heavy atom. The van der Waals surface area contributed by atoms with Gasteiger partial charge in [0.1, 0.15) is 12.4 Å². The summed E-state index contributed by atoms with van der Waals surface area (Å²) in [6.45, 7) is 21.8. The fourth-order valence-electron chi connectivity index (χ4n) is 6.82. The molecular formula is C32H44F2N8O4S2Si. The van der Waals surface area contributed by atoms with E-state index in [0.29, 0.717) is 55.7 Å². The minimum atomic E-state index is -4.30. The maximum absolute atomic E-state index is 14.7. The Bertz CT molecular complexity index is 1870. The number of fused-ring (bicyclic) bond motifs is 3. The average Bonchev–Trinajstić information content (AvgIpc) is 3.36. The molecule has 2 aliphatic heterocycles. The molecule has 1 aromatic carbocycles. The molecule has 3 fully saturated rings. The zero-order valence-corrected chi connectivity index (χ0v) is 31.5. The van der Waals surface area contributed by atoms with Crippen molar-refractivity contribution in [2.24, 2.45) is 5.92 Å². The van der Waals surface area contributed by atoms with Crippen LogP contribution in [0.5, 0.6) is 0 Å². The van der Waals surface area contributed by atoms with Crippen molar-refractivity contribution in [1.82, 2.24) is 29.2 Å². The van der Waals surface area contributed by atoms with Crippen LogP contribution in [0.2, 0.25) is 25.7 Å². The molecule has 0 spiro atoms. The Kier molecular flexibility index (Phi) is 9.68. The molecule has 4 heterocycles. The van der Waals surface area contributed by atoms with Crippen molar-refractivity contribution in [2.75, 3.05) is 31.3 Å². The van der Waals surface area contributed by atoms with Gasteiger partial charge < -0.3 is 14.5 Å². The number of hydrogen-bond acceptors (Lipinski definition) is 9.